The smallest absolute Gasteiger partial charge is 0.226 e. The Morgan fingerprint density at radius 1 is 0.419 bits per heavy atom. The molecule has 0 atom stereocenters. The molecule has 3 N–H and O–H groups in total. The Hall–Kier alpha value is -2.16. The van der Waals surface area contributed by atoms with Crippen molar-refractivity contribution in [2.24, 2.45) is 0 Å². The van der Waals surface area contributed by atoms with Crippen LogP contribution in [-0.2, 0) is 19.2 Å². The van der Waals surface area contributed by atoms with Crippen molar-refractivity contribution in [3.05, 3.63) is 0 Å². The Balaban J connectivity index is 2.62. The lowest BCUT2D eigenvalue weighted by Crippen LogP contribution is -2.57. The fraction of sp³-hybridized carbons (Fsp3) is 0.925. The number of amides is 4. The van der Waals surface area contributed by atoms with Gasteiger partial charge in [-0.3, -0.25) is 24.1 Å². The van der Waals surface area contributed by atoms with Crippen molar-refractivity contribution < 1.29 is 23.7 Å². The second kappa shape index (κ2) is 42.8. The van der Waals surface area contributed by atoms with Gasteiger partial charge in [-0.1, -0.05) is 194 Å². The number of hydrogen-bond donors (Lipinski definition) is 3. The summed E-state index contributed by atoms with van der Waals surface area (Å²) in [4.78, 5) is 53.4. The molecule has 0 aromatic rings. The van der Waals surface area contributed by atoms with E-state index in [9.17, 15) is 19.2 Å². The van der Waals surface area contributed by atoms with Crippen LogP contribution < -0.4 is 16.0 Å². The number of hydrogen-bond acceptors (Lipinski definition) is 4. The van der Waals surface area contributed by atoms with Crippen LogP contribution >= 0.6 is 0 Å². The summed E-state index contributed by atoms with van der Waals surface area (Å²) >= 11 is 0. The number of quaternary nitrogens is 1. The van der Waals surface area contributed by atoms with Gasteiger partial charge in [0.25, 0.3) is 0 Å². The van der Waals surface area contributed by atoms with Gasteiger partial charge >= 0.3 is 0 Å². The van der Waals surface area contributed by atoms with E-state index in [1.165, 1.54) is 154 Å². The van der Waals surface area contributed by atoms with Gasteiger partial charge in [-0.25, -0.2) is 0 Å². The number of carbonyl (C=O) groups excluding carboxylic acids is 4. The van der Waals surface area contributed by atoms with Gasteiger partial charge in [0.05, 0.1) is 19.6 Å². The van der Waals surface area contributed by atoms with E-state index in [0.717, 1.165) is 94.9 Å². The summed E-state index contributed by atoms with van der Waals surface area (Å²) < 4.78 is 0.739. The Bertz CT molecular complexity index is 963. The van der Waals surface area contributed by atoms with Crippen molar-refractivity contribution in [1.82, 2.24) is 20.9 Å². The van der Waals surface area contributed by atoms with Crippen molar-refractivity contribution in [2.45, 2.75) is 265 Å². The van der Waals surface area contributed by atoms with Crippen molar-refractivity contribution in [3.8, 4) is 0 Å². The molecule has 1 rings (SSSR count). The molecule has 0 aliphatic carbocycles. The minimum atomic E-state index is 0.146. The Labute approximate surface area is 384 Å². The first-order chi connectivity index (χ1) is 30.4. The molecule has 4 amide bonds. The van der Waals surface area contributed by atoms with Crippen molar-refractivity contribution in [3.63, 3.8) is 0 Å². The van der Waals surface area contributed by atoms with Crippen LogP contribution in [-0.4, -0.2) is 85.5 Å². The summed E-state index contributed by atoms with van der Waals surface area (Å²) in [6, 6.07) is 0. The van der Waals surface area contributed by atoms with Crippen LogP contribution in [0.2, 0.25) is 0 Å². The van der Waals surface area contributed by atoms with Crippen LogP contribution in [0, 0.1) is 0 Å². The summed E-state index contributed by atoms with van der Waals surface area (Å²) in [6.45, 7) is 12.7. The van der Waals surface area contributed by atoms with Gasteiger partial charge in [0.1, 0.15) is 0 Å². The minimum Gasteiger partial charge on any atom is -0.356 e. The quantitative estimate of drug-likeness (QED) is 0.0418. The number of nitrogens with zero attached hydrogens (tertiary/aromatic N) is 2. The fourth-order valence-electron chi connectivity index (χ4n) is 9.27. The zero-order valence-corrected chi connectivity index (χ0v) is 41.6. The molecule has 0 radical (unpaired) electrons. The fourth-order valence-corrected chi connectivity index (χ4v) is 9.27. The van der Waals surface area contributed by atoms with Crippen LogP contribution in [0.5, 0.6) is 0 Å². The molecular formula is C53H104N5O4+. The topological polar surface area (TPSA) is 108 Å². The van der Waals surface area contributed by atoms with Gasteiger partial charge in [0.15, 0.2) is 6.67 Å². The molecule has 0 spiro atoms. The molecule has 0 aromatic carbocycles. The highest BCUT2D eigenvalue weighted by atomic mass is 16.2. The molecule has 1 fully saturated rings. The molecule has 0 bridgehead atoms. The van der Waals surface area contributed by atoms with E-state index in [0.29, 0.717) is 52.0 Å². The summed E-state index contributed by atoms with van der Waals surface area (Å²) in [5.41, 5.74) is 0. The highest BCUT2D eigenvalue weighted by Gasteiger charge is 2.33. The highest BCUT2D eigenvalue weighted by molar-refractivity contribution is 5.78. The van der Waals surface area contributed by atoms with E-state index in [4.69, 9.17) is 0 Å². The molecule has 1 aliphatic rings. The highest BCUT2D eigenvalue weighted by Crippen LogP contribution is 2.19. The van der Waals surface area contributed by atoms with Crippen LogP contribution in [0.25, 0.3) is 0 Å². The maximum absolute atomic E-state index is 13.0. The summed E-state index contributed by atoms with van der Waals surface area (Å²) in [6.07, 6.45) is 43.6. The SMILES string of the molecule is CCCCCCCCCCCCC(=O)NCCC[N+](CCCNC(=O)CCCCCCCCCCCC)(CCCNC(=O)CCCCCCCCCCCC)CN1CCCC1=O. The third-order valence-corrected chi connectivity index (χ3v) is 13.3. The monoisotopic (exact) mass is 875 g/mol. The molecule has 9 nitrogen and oxygen atoms in total. The Morgan fingerprint density at radius 3 is 0.952 bits per heavy atom. The summed E-state index contributed by atoms with van der Waals surface area (Å²) in [5, 5.41) is 9.60. The van der Waals surface area contributed by atoms with Crippen LogP contribution in [0.15, 0.2) is 0 Å². The summed E-state index contributed by atoms with van der Waals surface area (Å²) in [7, 11) is 0. The molecule has 1 saturated heterocycles. The molecule has 364 valence electrons. The molecule has 9 heteroatoms. The first-order valence-corrected chi connectivity index (χ1v) is 27.3. The molecule has 0 aromatic heterocycles. The molecule has 62 heavy (non-hydrogen) atoms. The zero-order chi connectivity index (χ0) is 45.0. The second-order valence-electron chi connectivity index (χ2n) is 19.3. The lowest BCUT2D eigenvalue weighted by Gasteiger charge is -2.41. The third-order valence-electron chi connectivity index (χ3n) is 13.3. The minimum absolute atomic E-state index is 0.146. The second-order valence-corrected chi connectivity index (χ2v) is 19.3. The number of rotatable bonds is 47. The van der Waals surface area contributed by atoms with Crippen molar-refractivity contribution >= 4 is 23.6 Å². The zero-order valence-electron chi connectivity index (χ0n) is 41.6. The lowest BCUT2D eigenvalue weighted by atomic mass is 10.1. The maximum atomic E-state index is 13.0. The molecule has 1 aliphatic heterocycles. The first kappa shape index (κ1) is 57.9. The molecular weight excluding hydrogens is 771 g/mol. The van der Waals surface area contributed by atoms with Crippen LogP contribution in [0.4, 0.5) is 0 Å². The van der Waals surface area contributed by atoms with Gasteiger partial charge in [-0.2, -0.15) is 0 Å². The number of likely N-dealkylation sites (tertiary alicyclic amines) is 1. The van der Waals surface area contributed by atoms with E-state index in [-0.39, 0.29) is 23.6 Å². The van der Waals surface area contributed by atoms with E-state index >= 15 is 0 Å². The maximum Gasteiger partial charge on any atom is 0.226 e. The van der Waals surface area contributed by atoms with Gasteiger partial charge < -0.3 is 20.4 Å². The Morgan fingerprint density at radius 2 is 0.694 bits per heavy atom. The van der Waals surface area contributed by atoms with E-state index in [1.807, 2.05) is 4.90 Å². The predicted octanol–water partition coefficient (Wildman–Crippen LogP) is 12.8. The first-order valence-electron chi connectivity index (χ1n) is 27.3. The van der Waals surface area contributed by atoms with Crippen LogP contribution in [0.3, 0.4) is 0 Å². The predicted molar refractivity (Wildman–Crippen MR) is 263 cm³/mol. The number of carbonyl (C=O) groups is 4. The molecule has 1 heterocycles. The molecule has 0 saturated carbocycles. The Kier molecular flexibility index (Phi) is 39.9. The summed E-state index contributed by atoms with van der Waals surface area (Å²) in [5.74, 6) is 0.666. The normalized spacial score (nSPS) is 13.0. The average molecular weight is 875 g/mol. The largest absolute Gasteiger partial charge is 0.356 e. The van der Waals surface area contributed by atoms with Crippen molar-refractivity contribution in [1.29, 1.82) is 0 Å². The average Bonchev–Trinajstić information content (AvgIpc) is 3.67. The van der Waals surface area contributed by atoms with E-state index < -0.39 is 0 Å². The van der Waals surface area contributed by atoms with Gasteiger partial charge in [-0.15, -0.1) is 0 Å². The standard InChI is InChI=1S/C53H103N5O4/c1-4-7-10-13-16-19-22-25-28-31-38-50(59)54-42-35-46-58(49-57-45-34-41-53(57)62,47-36-43-55-51(60)39-32-29-26-23-20-17-14-11-8-5-2)48-37-44-56-52(61)40-33-30-27-24-21-18-15-12-9-6-3/h4-49H2,1-3H3,(H2-,54,55,56,59,60,61)/p+1. The third kappa shape index (κ3) is 35.2. The van der Waals surface area contributed by atoms with Crippen molar-refractivity contribution in [2.75, 3.05) is 52.5 Å². The van der Waals surface area contributed by atoms with Gasteiger partial charge in [0, 0.05) is 71.1 Å². The van der Waals surface area contributed by atoms with E-state index in [2.05, 4.69) is 36.7 Å². The molecule has 0 unspecified atom stereocenters. The van der Waals surface area contributed by atoms with Gasteiger partial charge in [-0.05, 0) is 25.7 Å². The van der Waals surface area contributed by atoms with Crippen LogP contribution in [0.1, 0.15) is 265 Å². The number of nitrogens with one attached hydrogen (secondary N) is 3. The van der Waals surface area contributed by atoms with Gasteiger partial charge in [0.2, 0.25) is 23.6 Å². The van der Waals surface area contributed by atoms with E-state index in [1.54, 1.807) is 0 Å². The lowest BCUT2D eigenvalue weighted by molar-refractivity contribution is -0.936. The number of unbranched alkanes of at least 4 members (excludes halogenated alkanes) is 27.